The molecule has 0 aliphatic carbocycles. The fraction of sp³-hybridized carbons (Fsp3) is 0.768. The summed E-state index contributed by atoms with van der Waals surface area (Å²) in [5.41, 5.74) is 0. The molecule has 0 aromatic heterocycles. The van der Waals surface area contributed by atoms with Gasteiger partial charge in [-0.3, -0.25) is 4.79 Å². The van der Waals surface area contributed by atoms with Crippen molar-refractivity contribution in [2.75, 3.05) is 13.2 Å². The van der Waals surface area contributed by atoms with Crippen molar-refractivity contribution in [3.8, 4) is 0 Å². The van der Waals surface area contributed by atoms with Crippen LogP contribution in [0.15, 0.2) is 109 Å². The van der Waals surface area contributed by atoms with E-state index in [0.717, 1.165) is 96.3 Å². The molecule has 0 aromatic carbocycles. The summed E-state index contributed by atoms with van der Waals surface area (Å²) >= 11 is 0. The molecule has 1 heterocycles. The summed E-state index contributed by atoms with van der Waals surface area (Å²) in [6, 6.07) is -0.727. The highest BCUT2D eigenvalue weighted by molar-refractivity contribution is 5.76. The average Bonchev–Trinajstić information content (AvgIpc) is 1.58. The minimum Gasteiger partial charge on any atom is -0.394 e. The van der Waals surface area contributed by atoms with Gasteiger partial charge in [0.05, 0.1) is 25.4 Å². The van der Waals surface area contributed by atoms with E-state index in [1.807, 2.05) is 0 Å². The molecule has 7 unspecified atom stereocenters. The van der Waals surface area contributed by atoms with Crippen molar-refractivity contribution in [3.05, 3.63) is 109 Å². The molecule has 1 aliphatic rings. The Bertz CT molecular complexity index is 1810. The molecule has 0 bridgehead atoms. The van der Waals surface area contributed by atoms with Crippen LogP contribution in [0.3, 0.4) is 0 Å². The lowest BCUT2D eigenvalue weighted by Gasteiger charge is -2.40. The Balaban J connectivity index is 2.09. The first kappa shape index (κ1) is 85.9. The highest BCUT2D eigenvalue weighted by Gasteiger charge is 2.44. The first-order valence-electron chi connectivity index (χ1n) is 38.6. The second-order valence-electron chi connectivity index (χ2n) is 26.4. The zero-order valence-electron chi connectivity index (χ0n) is 59.1. The number of aliphatic hydroxyl groups is 5. The Kier molecular flexibility index (Phi) is 65.7. The molecule has 7 atom stereocenters. The molecule has 1 rings (SSSR count). The lowest BCUT2D eigenvalue weighted by Crippen LogP contribution is -2.60. The van der Waals surface area contributed by atoms with Gasteiger partial charge in [0.2, 0.25) is 5.91 Å². The van der Waals surface area contributed by atoms with Gasteiger partial charge in [0.25, 0.3) is 0 Å². The summed E-state index contributed by atoms with van der Waals surface area (Å²) in [6.45, 7) is 3.76. The molecule has 9 nitrogen and oxygen atoms in total. The normalized spacial score (nSPS) is 18.3. The zero-order chi connectivity index (χ0) is 65.7. The van der Waals surface area contributed by atoms with E-state index in [0.29, 0.717) is 12.8 Å². The number of rotatable bonds is 67. The lowest BCUT2D eigenvalue weighted by molar-refractivity contribution is -0.302. The van der Waals surface area contributed by atoms with Crippen LogP contribution in [0.5, 0.6) is 0 Å². The maximum absolute atomic E-state index is 13.2. The number of ether oxygens (including phenoxy) is 2. The van der Waals surface area contributed by atoms with E-state index in [-0.39, 0.29) is 12.5 Å². The Morgan fingerprint density at radius 3 is 1.01 bits per heavy atom. The largest absolute Gasteiger partial charge is 0.394 e. The number of amides is 1. The molecule has 6 N–H and O–H groups in total. The van der Waals surface area contributed by atoms with Crippen molar-refractivity contribution in [1.29, 1.82) is 0 Å². The van der Waals surface area contributed by atoms with Gasteiger partial charge < -0.3 is 40.3 Å². The topological polar surface area (TPSA) is 149 Å². The Labute approximate surface area is 561 Å². The van der Waals surface area contributed by atoms with Gasteiger partial charge in [-0.1, -0.05) is 367 Å². The number of unbranched alkanes of at least 4 members (excludes halogenated alkanes) is 39. The highest BCUT2D eigenvalue weighted by Crippen LogP contribution is 2.24. The molecule has 1 saturated heterocycles. The van der Waals surface area contributed by atoms with E-state index in [9.17, 15) is 30.3 Å². The van der Waals surface area contributed by atoms with Crippen molar-refractivity contribution in [2.24, 2.45) is 0 Å². The average molecular weight is 1270 g/mol. The van der Waals surface area contributed by atoms with Crippen molar-refractivity contribution in [3.63, 3.8) is 0 Å². The molecular weight excluding hydrogens is 1130 g/mol. The molecule has 9 heteroatoms. The minimum atomic E-state index is -1.56. The first-order valence-corrected chi connectivity index (χ1v) is 38.6. The molecule has 1 amide bonds. The number of hydrogen-bond donors (Lipinski definition) is 6. The predicted molar refractivity (Wildman–Crippen MR) is 391 cm³/mol. The molecule has 526 valence electrons. The van der Waals surface area contributed by atoms with Gasteiger partial charge in [0.1, 0.15) is 24.4 Å². The van der Waals surface area contributed by atoms with E-state index in [1.165, 1.54) is 225 Å². The van der Waals surface area contributed by atoms with Crippen LogP contribution in [-0.4, -0.2) is 87.5 Å². The predicted octanol–water partition coefficient (Wildman–Crippen LogP) is 22.0. The van der Waals surface area contributed by atoms with Gasteiger partial charge in [-0.05, 0) is 83.5 Å². The summed E-state index contributed by atoms with van der Waals surface area (Å²) in [5, 5.41) is 55.1. The van der Waals surface area contributed by atoms with Crippen LogP contribution in [0, 0.1) is 0 Å². The second-order valence-corrected chi connectivity index (χ2v) is 26.4. The number of hydrogen-bond acceptors (Lipinski definition) is 8. The van der Waals surface area contributed by atoms with E-state index in [1.54, 1.807) is 0 Å². The van der Waals surface area contributed by atoms with Crippen molar-refractivity contribution in [2.45, 2.75) is 391 Å². The number of carbonyl (C=O) groups excluding carboxylic acids is 1. The van der Waals surface area contributed by atoms with Crippen LogP contribution >= 0.6 is 0 Å². The van der Waals surface area contributed by atoms with Gasteiger partial charge in [-0.15, -0.1) is 0 Å². The lowest BCUT2D eigenvalue weighted by atomic mass is 9.99. The summed E-state index contributed by atoms with van der Waals surface area (Å²) in [6.07, 6.45) is 96.0. The van der Waals surface area contributed by atoms with Gasteiger partial charge in [0, 0.05) is 6.42 Å². The van der Waals surface area contributed by atoms with Crippen molar-refractivity contribution < 1.29 is 39.8 Å². The number of carbonyl (C=O) groups is 1. The van der Waals surface area contributed by atoms with Gasteiger partial charge in [-0.25, -0.2) is 0 Å². The fourth-order valence-electron chi connectivity index (χ4n) is 11.9. The standard InChI is InChI=1S/C82H145NO8/c1-3-5-7-9-11-13-15-17-19-21-23-25-27-29-31-32-33-34-35-36-37-38-39-40-41-42-43-44-46-48-50-52-54-56-58-60-62-64-66-68-70-72-78(86)83-75(74-90-82-81(89)80(88)79(87)77(73-84)91-82)76(85)71-69-67-65-63-61-59-57-55-53-51-49-47-45-30-28-26-24-22-20-18-16-14-12-10-8-6-4-2/h5,7,11,13,17,19,23,25,29,31,33-34,36-37,39-40,42-43,75-77,79-82,84-85,87-89H,3-4,6,8-10,12,14-16,18,20-22,24,26-28,30,32,35,38,41,44-74H2,1-2H3,(H,83,86)/b7-5-,13-11-,19-17-,25-23-,31-29-,34-33-,37-36-,40-39-,43-42-. The Morgan fingerprint density at radius 1 is 0.385 bits per heavy atom. The van der Waals surface area contributed by atoms with E-state index in [4.69, 9.17) is 9.47 Å². The highest BCUT2D eigenvalue weighted by atomic mass is 16.7. The maximum Gasteiger partial charge on any atom is 0.220 e. The van der Waals surface area contributed by atoms with Crippen molar-refractivity contribution >= 4 is 5.91 Å². The summed E-state index contributed by atoms with van der Waals surface area (Å²) in [4.78, 5) is 13.2. The van der Waals surface area contributed by atoms with Crippen molar-refractivity contribution in [1.82, 2.24) is 5.32 Å². The van der Waals surface area contributed by atoms with Crippen LogP contribution in [0.25, 0.3) is 0 Å². The molecule has 0 aromatic rings. The molecule has 91 heavy (non-hydrogen) atoms. The molecule has 1 fully saturated rings. The Morgan fingerprint density at radius 2 is 0.681 bits per heavy atom. The Hall–Kier alpha value is -3.15. The number of aliphatic hydroxyl groups excluding tert-OH is 5. The van der Waals surface area contributed by atoms with E-state index in [2.05, 4.69) is 129 Å². The zero-order valence-corrected chi connectivity index (χ0v) is 59.1. The molecule has 1 aliphatic heterocycles. The van der Waals surface area contributed by atoms with Crippen LogP contribution in [-0.2, 0) is 14.3 Å². The van der Waals surface area contributed by atoms with E-state index < -0.39 is 49.5 Å². The van der Waals surface area contributed by atoms with E-state index >= 15 is 0 Å². The summed E-state index contributed by atoms with van der Waals surface area (Å²) in [5.74, 6) is -0.144. The third-order valence-electron chi connectivity index (χ3n) is 17.9. The molecular formula is C82H145NO8. The third-order valence-corrected chi connectivity index (χ3v) is 17.9. The quantitative estimate of drug-likeness (QED) is 0.0261. The monoisotopic (exact) mass is 1270 g/mol. The molecule has 0 radical (unpaired) electrons. The maximum atomic E-state index is 13.2. The number of nitrogens with one attached hydrogen (secondary N) is 1. The van der Waals surface area contributed by atoms with Crippen LogP contribution in [0.2, 0.25) is 0 Å². The van der Waals surface area contributed by atoms with Gasteiger partial charge in [0.15, 0.2) is 6.29 Å². The number of allylic oxidation sites excluding steroid dienone is 18. The fourth-order valence-corrected chi connectivity index (χ4v) is 11.9. The van der Waals surface area contributed by atoms with Gasteiger partial charge >= 0.3 is 0 Å². The summed E-state index contributed by atoms with van der Waals surface area (Å²) < 4.78 is 11.4. The SMILES string of the molecule is CC/C=C\C/C=C\C/C=C\C/C=C\C/C=C\C/C=C\C/C=C\C/C=C\C/C=C\CCCCCCCCCCCCCCCC(=O)NC(COC1OC(CO)C(O)C(O)C1O)C(O)CCCCCCCCCCCCCCCCCCCCCCCCCCCCC. The van der Waals surface area contributed by atoms with Gasteiger partial charge in [-0.2, -0.15) is 0 Å². The third kappa shape index (κ3) is 58.0. The second kappa shape index (κ2) is 69.7. The molecule has 0 saturated carbocycles. The first-order chi connectivity index (χ1) is 44.8. The minimum absolute atomic E-state index is 0.140. The molecule has 0 spiro atoms. The van der Waals surface area contributed by atoms with Crippen LogP contribution in [0.4, 0.5) is 0 Å². The van der Waals surface area contributed by atoms with Crippen LogP contribution in [0.1, 0.15) is 348 Å². The summed E-state index contributed by atoms with van der Waals surface area (Å²) in [7, 11) is 0. The van der Waals surface area contributed by atoms with Crippen LogP contribution < -0.4 is 5.32 Å². The smallest absolute Gasteiger partial charge is 0.220 e.